The zero-order valence-electron chi connectivity index (χ0n) is 20.3. The molecule has 0 aliphatic heterocycles. The standard InChI is InChI=1S/C20H36N7O4P/c1-15(2)30-32(28,31-16(3)4)14-29-17(9-25(5)6)10-27-13-23-18-19(24-12-26(7)8)21-11-22-20(18)27/h11-13,15-17H,9-10,14H2,1-8H3/b24-12+. The van der Waals surface area contributed by atoms with Crippen LogP contribution in [0.15, 0.2) is 17.6 Å². The van der Waals surface area contributed by atoms with Crippen LogP contribution in [0.1, 0.15) is 27.7 Å². The van der Waals surface area contributed by atoms with E-state index in [-0.39, 0.29) is 24.7 Å². The van der Waals surface area contributed by atoms with Crippen LogP contribution >= 0.6 is 7.60 Å². The van der Waals surface area contributed by atoms with Crippen LogP contribution in [0.3, 0.4) is 0 Å². The molecule has 0 N–H and O–H groups in total. The van der Waals surface area contributed by atoms with Gasteiger partial charge in [-0.3, -0.25) is 4.57 Å². The first-order valence-corrected chi connectivity index (χ1v) is 12.3. The van der Waals surface area contributed by atoms with Crippen molar-refractivity contribution in [2.45, 2.75) is 52.6 Å². The summed E-state index contributed by atoms with van der Waals surface area (Å²) in [6, 6.07) is 0. The van der Waals surface area contributed by atoms with Gasteiger partial charge in [0.05, 0.1) is 37.5 Å². The third-order valence-electron chi connectivity index (χ3n) is 3.97. The number of fused-ring (bicyclic) bond motifs is 1. The van der Waals surface area contributed by atoms with Crippen molar-refractivity contribution in [1.82, 2.24) is 29.3 Å². The maximum Gasteiger partial charge on any atom is 0.356 e. The zero-order valence-corrected chi connectivity index (χ0v) is 21.2. The third-order valence-corrected chi connectivity index (χ3v) is 5.92. The molecule has 1 atom stereocenters. The minimum absolute atomic E-state index is 0.137. The first-order valence-electron chi connectivity index (χ1n) is 10.6. The molecule has 1 unspecified atom stereocenters. The van der Waals surface area contributed by atoms with Gasteiger partial charge in [0.15, 0.2) is 17.0 Å². The Labute approximate surface area is 190 Å². The van der Waals surface area contributed by atoms with Gasteiger partial charge in [-0.1, -0.05) is 0 Å². The van der Waals surface area contributed by atoms with Crippen molar-refractivity contribution in [3.05, 3.63) is 12.7 Å². The lowest BCUT2D eigenvalue weighted by Gasteiger charge is -2.27. The molecule has 0 bridgehead atoms. The summed E-state index contributed by atoms with van der Waals surface area (Å²) in [6.07, 6.45) is 3.89. The van der Waals surface area contributed by atoms with Gasteiger partial charge in [0.1, 0.15) is 12.7 Å². The minimum atomic E-state index is -3.41. The molecule has 12 heteroatoms. The SMILES string of the molecule is CC(C)OP(=O)(COC(CN(C)C)Cn1cnc2c(/N=C/N(C)C)ncnc21)OC(C)C. The van der Waals surface area contributed by atoms with E-state index < -0.39 is 7.60 Å². The van der Waals surface area contributed by atoms with E-state index in [2.05, 4.69) is 19.9 Å². The van der Waals surface area contributed by atoms with Crippen LogP contribution in [-0.4, -0.2) is 95.1 Å². The van der Waals surface area contributed by atoms with Gasteiger partial charge in [-0.2, -0.15) is 0 Å². The summed E-state index contributed by atoms with van der Waals surface area (Å²) >= 11 is 0. The van der Waals surface area contributed by atoms with Crippen molar-refractivity contribution in [3.8, 4) is 0 Å². The van der Waals surface area contributed by atoms with E-state index in [4.69, 9.17) is 13.8 Å². The monoisotopic (exact) mass is 469 g/mol. The fraction of sp³-hybridized carbons (Fsp3) is 0.700. The third kappa shape index (κ3) is 8.22. The number of hydrogen-bond acceptors (Lipinski definition) is 9. The lowest BCUT2D eigenvalue weighted by molar-refractivity contribution is 0.0309. The zero-order chi connectivity index (χ0) is 23.9. The molecule has 0 amide bonds. The van der Waals surface area contributed by atoms with Gasteiger partial charge in [0.25, 0.3) is 0 Å². The van der Waals surface area contributed by atoms with E-state index in [0.29, 0.717) is 30.1 Å². The lowest BCUT2D eigenvalue weighted by Crippen LogP contribution is -2.32. The summed E-state index contributed by atoms with van der Waals surface area (Å²) < 4.78 is 32.3. The van der Waals surface area contributed by atoms with Crippen LogP contribution in [0.25, 0.3) is 11.2 Å². The van der Waals surface area contributed by atoms with Crippen molar-refractivity contribution in [2.24, 2.45) is 4.99 Å². The first kappa shape index (κ1) is 26.3. The Morgan fingerprint density at radius 1 is 1.09 bits per heavy atom. The number of aliphatic imine (C=N–C) groups is 1. The van der Waals surface area contributed by atoms with Crippen LogP contribution in [0.4, 0.5) is 5.82 Å². The molecule has 0 aromatic carbocycles. The van der Waals surface area contributed by atoms with E-state index in [1.165, 1.54) is 6.33 Å². The van der Waals surface area contributed by atoms with E-state index in [0.717, 1.165) is 0 Å². The molecule has 2 aromatic heterocycles. The molecule has 0 saturated carbocycles. The molecule has 0 fully saturated rings. The fourth-order valence-electron chi connectivity index (χ4n) is 2.98. The minimum Gasteiger partial charge on any atom is -0.369 e. The fourth-order valence-corrected chi connectivity index (χ4v) is 4.83. The Hall–Kier alpha value is -1.91. The Balaban J connectivity index is 2.23. The first-order chi connectivity index (χ1) is 15.0. The van der Waals surface area contributed by atoms with Gasteiger partial charge in [-0.15, -0.1) is 0 Å². The molecule has 2 heterocycles. The van der Waals surface area contributed by atoms with Crippen LogP contribution in [0.2, 0.25) is 0 Å². The van der Waals surface area contributed by atoms with E-state index in [1.807, 2.05) is 70.3 Å². The Morgan fingerprint density at radius 2 is 1.75 bits per heavy atom. The smallest absolute Gasteiger partial charge is 0.356 e. The average Bonchev–Trinajstić information content (AvgIpc) is 3.06. The maximum atomic E-state index is 13.2. The highest BCUT2D eigenvalue weighted by molar-refractivity contribution is 7.53. The summed E-state index contributed by atoms with van der Waals surface area (Å²) in [7, 11) is 4.26. The number of aromatic nitrogens is 4. The van der Waals surface area contributed by atoms with Crippen molar-refractivity contribution in [2.75, 3.05) is 41.1 Å². The molecule has 0 spiro atoms. The molecule has 11 nitrogen and oxygen atoms in total. The highest BCUT2D eigenvalue weighted by Gasteiger charge is 2.30. The molecular formula is C20H36N7O4P. The molecule has 2 aromatic rings. The number of hydrogen-bond donors (Lipinski definition) is 0. The topological polar surface area (TPSA) is 107 Å². The summed E-state index contributed by atoms with van der Waals surface area (Å²) in [4.78, 5) is 21.2. The Bertz CT molecular complexity index is 916. The van der Waals surface area contributed by atoms with Gasteiger partial charge in [0.2, 0.25) is 0 Å². The molecule has 0 aliphatic rings. The average molecular weight is 470 g/mol. The Morgan fingerprint density at radius 3 is 2.31 bits per heavy atom. The van der Waals surface area contributed by atoms with E-state index in [1.54, 1.807) is 12.7 Å². The van der Waals surface area contributed by atoms with E-state index in [9.17, 15) is 4.57 Å². The molecule has 2 rings (SSSR count). The highest BCUT2D eigenvalue weighted by Crippen LogP contribution is 2.50. The maximum absolute atomic E-state index is 13.2. The van der Waals surface area contributed by atoms with Gasteiger partial charge in [0, 0.05) is 20.6 Å². The number of likely N-dealkylation sites (N-methyl/N-ethyl adjacent to an activating group) is 1. The molecule has 0 saturated heterocycles. The van der Waals surface area contributed by atoms with Gasteiger partial charge >= 0.3 is 7.60 Å². The van der Waals surface area contributed by atoms with Crippen molar-refractivity contribution >= 4 is 30.9 Å². The lowest BCUT2D eigenvalue weighted by atomic mass is 10.3. The van der Waals surface area contributed by atoms with Crippen molar-refractivity contribution in [3.63, 3.8) is 0 Å². The van der Waals surface area contributed by atoms with Crippen LogP contribution in [0, 0.1) is 0 Å². The second-order valence-electron chi connectivity index (χ2n) is 8.57. The molecule has 180 valence electrons. The van der Waals surface area contributed by atoms with Crippen LogP contribution in [0.5, 0.6) is 0 Å². The second kappa shape index (κ2) is 11.8. The van der Waals surface area contributed by atoms with Crippen LogP contribution < -0.4 is 0 Å². The van der Waals surface area contributed by atoms with Gasteiger partial charge in [-0.05, 0) is 41.8 Å². The molecule has 0 aliphatic carbocycles. The second-order valence-corrected chi connectivity index (χ2v) is 10.5. The predicted octanol–water partition coefficient (Wildman–Crippen LogP) is 3.00. The molecular weight excluding hydrogens is 433 g/mol. The normalized spacial score (nSPS) is 13.8. The number of rotatable bonds is 13. The predicted molar refractivity (Wildman–Crippen MR) is 126 cm³/mol. The quantitative estimate of drug-likeness (QED) is 0.248. The largest absolute Gasteiger partial charge is 0.369 e. The summed E-state index contributed by atoms with van der Waals surface area (Å²) in [5, 5.41) is 0. The van der Waals surface area contributed by atoms with Crippen molar-refractivity contribution in [1.29, 1.82) is 0 Å². The van der Waals surface area contributed by atoms with Gasteiger partial charge in [-0.25, -0.2) is 19.9 Å². The Kier molecular flexibility index (Phi) is 9.72. The van der Waals surface area contributed by atoms with Crippen molar-refractivity contribution < 1.29 is 18.3 Å². The number of imidazole rings is 1. The summed E-state index contributed by atoms with van der Waals surface area (Å²) in [6.45, 7) is 8.33. The molecule has 0 radical (unpaired) electrons. The highest BCUT2D eigenvalue weighted by atomic mass is 31.2. The van der Waals surface area contributed by atoms with Crippen LogP contribution in [-0.2, 0) is 24.9 Å². The summed E-state index contributed by atoms with van der Waals surface area (Å²) in [5.41, 5.74) is 1.25. The number of ether oxygens (including phenoxy) is 1. The van der Waals surface area contributed by atoms with Gasteiger partial charge < -0.3 is 28.2 Å². The molecule has 32 heavy (non-hydrogen) atoms. The van der Waals surface area contributed by atoms with E-state index >= 15 is 0 Å². The summed E-state index contributed by atoms with van der Waals surface area (Å²) in [5.74, 6) is 0.493. The number of nitrogens with zero attached hydrogens (tertiary/aromatic N) is 7.